The Kier molecular flexibility index (Phi) is 9.65. The molecule has 0 aliphatic heterocycles. The first kappa shape index (κ1) is 47.2. The Morgan fingerprint density at radius 3 is 1.00 bits per heavy atom. The maximum absolute atomic E-state index is 7.11. The fraction of sp³-hybridized carbons (Fsp3) is 0.0250. The summed E-state index contributed by atoms with van der Waals surface area (Å²) in [5.74, 6) is 0. The third-order valence-electron chi connectivity index (χ3n) is 18.6. The van der Waals surface area contributed by atoms with E-state index in [2.05, 4.69) is 299 Å². The third-order valence-corrected chi connectivity index (χ3v) is 18.6. The van der Waals surface area contributed by atoms with Gasteiger partial charge in [0.25, 0.3) is 0 Å². The van der Waals surface area contributed by atoms with Crippen LogP contribution >= 0.6 is 0 Å². The molecule has 402 valence electrons. The highest BCUT2D eigenvalue weighted by molar-refractivity contribution is 6.29. The summed E-state index contributed by atoms with van der Waals surface area (Å²) in [6.45, 7) is 4.34. The Morgan fingerprint density at radius 2 is 0.581 bits per heavy atom. The summed E-state index contributed by atoms with van der Waals surface area (Å²) in [7, 11) is 0. The van der Waals surface area contributed by atoms with Crippen molar-refractivity contribution in [1.29, 1.82) is 0 Å². The van der Waals surface area contributed by atoms with Crippen LogP contribution in [0.25, 0.3) is 142 Å². The van der Waals surface area contributed by atoms with Gasteiger partial charge in [0.05, 0.1) is 44.5 Å². The van der Waals surface area contributed by atoms with E-state index in [-0.39, 0.29) is 0 Å². The molecule has 6 heteroatoms. The second-order valence-electron chi connectivity index (χ2n) is 23.2. The Labute approximate surface area is 493 Å². The maximum Gasteiger partial charge on any atom is 0.159 e. The van der Waals surface area contributed by atoms with Crippen molar-refractivity contribution >= 4 is 154 Å². The van der Waals surface area contributed by atoms with Crippen LogP contribution in [0, 0.1) is 13.8 Å². The van der Waals surface area contributed by atoms with E-state index in [1.165, 1.54) is 98.4 Å². The molecule has 0 radical (unpaired) electrons. The van der Waals surface area contributed by atoms with Crippen molar-refractivity contribution in [1.82, 2.24) is 8.80 Å². The summed E-state index contributed by atoms with van der Waals surface area (Å²) in [5.41, 5.74) is 23.9. The molecule has 0 unspecified atom stereocenters. The smallest absolute Gasteiger partial charge is 0.159 e. The molecule has 0 aliphatic carbocycles. The molecule has 6 nitrogen and oxygen atoms in total. The molecule has 19 aromatic rings. The van der Waals surface area contributed by atoms with Crippen LogP contribution in [0.4, 0.5) is 34.1 Å². The lowest BCUT2D eigenvalue weighted by atomic mass is 9.98. The van der Waals surface area contributed by atoms with Gasteiger partial charge in [-0.2, -0.15) is 0 Å². The van der Waals surface area contributed by atoms with Crippen molar-refractivity contribution < 1.29 is 8.83 Å². The molecule has 0 amide bonds. The van der Waals surface area contributed by atoms with Crippen molar-refractivity contribution in [3.05, 3.63) is 278 Å². The predicted octanol–water partition coefficient (Wildman–Crippen LogP) is 22.7. The van der Waals surface area contributed by atoms with E-state index in [0.717, 1.165) is 89.1 Å². The molecule has 0 fully saturated rings. The minimum Gasteiger partial charge on any atom is -0.453 e. The van der Waals surface area contributed by atoms with Crippen molar-refractivity contribution in [2.75, 3.05) is 9.80 Å². The zero-order valence-corrected chi connectivity index (χ0v) is 47.0. The number of benzene rings is 13. The molecule has 6 heterocycles. The number of para-hydroxylation sites is 8. The molecule has 0 saturated carbocycles. The number of anilines is 6. The summed E-state index contributed by atoms with van der Waals surface area (Å²) in [6, 6.07) is 97.2. The molecule has 19 rings (SSSR count). The predicted molar refractivity (Wildman–Crippen MR) is 360 cm³/mol. The lowest BCUT2D eigenvalue weighted by Crippen LogP contribution is -2.10. The number of aryl methyl sites for hydroxylation is 2. The van der Waals surface area contributed by atoms with E-state index in [1.54, 1.807) is 0 Å². The molecule has 0 bridgehead atoms. The van der Waals surface area contributed by atoms with Gasteiger partial charge in [0.2, 0.25) is 0 Å². The van der Waals surface area contributed by atoms with Crippen LogP contribution < -0.4 is 9.80 Å². The van der Waals surface area contributed by atoms with E-state index in [4.69, 9.17) is 8.83 Å². The summed E-state index contributed by atoms with van der Waals surface area (Å²) >= 11 is 0. The van der Waals surface area contributed by atoms with E-state index in [9.17, 15) is 0 Å². The third kappa shape index (κ3) is 6.44. The fourth-order valence-electron chi connectivity index (χ4n) is 14.9. The Balaban J connectivity index is 0.774. The van der Waals surface area contributed by atoms with Gasteiger partial charge >= 0.3 is 0 Å². The number of fused-ring (bicyclic) bond motifs is 18. The van der Waals surface area contributed by atoms with Gasteiger partial charge in [0, 0.05) is 98.5 Å². The minimum absolute atomic E-state index is 0.855. The van der Waals surface area contributed by atoms with Crippen molar-refractivity contribution in [2.24, 2.45) is 0 Å². The first-order valence-electron chi connectivity index (χ1n) is 29.6. The summed E-state index contributed by atoms with van der Waals surface area (Å²) in [5, 5.41) is 14.2. The molecular formula is C80H50N4O2. The van der Waals surface area contributed by atoms with Gasteiger partial charge in [-0.3, -0.25) is 0 Å². The lowest BCUT2D eigenvalue weighted by molar-refractivity contribution is 0.670. The summed E-state index contributed by atoms with van der Waals surface area (Å²) < 4.78 is 19.2. The molecule has 13 aromatic carbocycles. The maximum atomic E-state index is 7.11. The van der Waals surface area contributed by atoms with Crippen LogP contribution in [0.15, 0.2) is 276 Å². The van der Waals surface area contributed by atoms with Gasteiger partial charge in [-0.05, 0) is 121 Å². The average molecular weight is 1100 g/mol. The van der Waals surface area contributed by atoms with Gasteiger partial charge in [-0.25, -0.2) is 0 Å². The SMILES string of the molecule is Cc1ccccc1-c1cccc2c1oc1c(N(c3ccccc3)c3ccc4c(c3)c3cccc5c6cc7c(cc6n4c35)c3cccc4c5cc(N(c6ccccc6)c6cccc8c6oc6c(-c9ccccc9C)cccc68)ccc5n7c43)cccc12. The molecule has 0 N–H and O–H groups in total. The fourth-order valence-corrected chi connectivity index (χ4v) is 14.9. The minimum atomic E-state index is 0.855. The van der Waals surface area contributed by atoms with E-state index in [1.807, 2.05) is 0 Å². The number of nitrogens with zero attached hydrogens (tertiary/aromatic N) is 4. The van der Waals surface area contributed by atoms with Gasteiger partial charge in [0.15, 0.2) is 11.2 Å². The monoisotopic (exact) mass is 1100 g/mol. The normalized spacial score (nSPS) is 12.3. The van der Waals surface area contributed by atoms with E-state index in [0.29, 0.717) is 0 Å². The largest absolute Gasteiger partial charge is 0.453 e. The summed E-state index contributed by atoms with van der Waals surface area (Å²) in [4.78, 5) is 4.73. The Hall–Kier alpha value is -11.3. The van der Waals surface area contributed by atoms with Crippen LogP contribution in [0.3, 0.4) is 0 Å². The van der Waals surface area contributed by atoms with Crippen LogP contribution in [0.5, 0.6) is 0 Å². The summed E-state index contributed by atoms with van der Waals surface area (Å²) in [6.07, 6.45) is 0. The highest BCUT2D eigenvalue weighted by Gasteiger charge is 2.27. The van der Waals surface area contributed by atoms with E-state index < -0.39 is 0 Å². The van der Waals surface area contributed by atoms with Crippen LogP contribution in [0.2, 0.25) is 0 Å². The second kappa shape index (κ2) is 17.6. The van der Waals surface area contributed by atoms with Gasteiger partial charge in [-0.1, -0.05) is 182 Å². The number of furan rings is 2. The molecule has 0 spiro atoms. The van der Waals surface area contributed by atoms with Crippen LogP contribution in [-0.4, -0.2) is 8.80 Å². The first-order chi connectivity index (χ1) is 42.5. The van der Waals surface area contributed by atoms with E-state index >= 15 is 0 Å². The number of aromatic nitrogens is 2. The topological polar surface area (TPSA) is 41.6 Å². The van der Waals surface area contributed by atoms with Gasteiger partial charge < -0.3 is 27.4 Å². The molecular weight excluding hydrogens is 1050 g/mol. The quantitative estimate of drug-likeness (QED) is 0.152. The molecule has 0 atom stereocenters. The number of rotatable bonds is 8. The zero-order valence-electron chi connectivity index (χ0n) is 47.0. The standard InChI is InChI=1S/C80H50N4O2/c1-47-19-9-11-25-53(47)59-31-15-33-61-63-35-17-37-71(79(63)85-77(59)61)81(49-21-5-3-6-22-49)51-39-41-69-65(43-51)55-27-13-29-57-67-46-74-68(45-73(67)83(69)75(55)57)58-30-14-28-56-66-44-52(40-42-70(66)84(74)76(56)58)82(50-23-7-4-8-24-50)72-38-18-36-64-62-34-16-32-60(78(62)86-80(64)72)54-26-12-10-20-48(54)2/h3-46H,1-2H3. The lowest BCUT2D eigenvalue weighted by Gasteiger charge is -2.25. The molecule has 0 saturated heterocycles. The van der Waals surface area contributed by atoms with Crippen molar-refractivity contribution in [3.63, 3.8) is 0 Å². The zero-order chi connectivity index (χ0) is 56.5. The Morgan fingerprint density at radius 1 is 0.244 bits per heavy atom. The van der Waals surface area contributed by atoms with Gasteiger partial charge in [0.1, 0.15) is 11.2 Å². The molecule has 86 heavy (non-hydrogen) atoms. The van der Waals surface area contributed by atoms with Crippen molar-refractivity contribution in [2.45, 2.75) is 13.8 Å². The molecule has 6 aromatic heterocycles. The van der Waals surface area contributed by atoms with Gasteiger partial charge in [-0.15, -0.1) is 0 Å². The highest BCUT2D eigenvalue weighted by Crippen LogP contribution is 2.50. The number of hydrogen-bond acceptors (Lipinski definition) is 4. The van der Waals surface area contributed by atoms with Crippen molar-refractivity contribution in [3.8, 4) is 22.3 Å². The first-order valence-corrected chi connectivity index (χ1v) is 29.6. The average Bonchev–Trinajstić information content (AvgIpc) is 1.57. The van der Waals surface area contributed by atoms with Crippen LogP contribution in [-0.2, 0) is 0 Å². The molecule has 0 aliphatic rings. The highest BCUT2D eigenvalue weighted by atomic mass is 16.3. The second-order valence-corrected chi connectivity index (χ2v) is 23.2. The number of hydrogen-bond donors (Lipinski definition) is 0. The van der Waals surface area contributed by atoms with Crippen LogP contribution in [0.1, 0.15) is 11.1 Å². The Bertz CT molecular complexity index is 5630.